The van der Waals surface area contributed by atoms with E-state index in [-0.39, 0.29) is 0 Å². The summed E-state index contributed by atoms with van der Waals surface area (Å²) in [6.07, 6.45) is 7.77. The van der Waals surface area contributed by atoms with Gasteiger partial charge in [0.25, 0.3) is 0 Å². The first-order chi connectivity index (χ1) is 11.3. The highest BCUT2D eigenvalue weighted by Crippen LogP contribution is 2.13. The highest BCUT2D eigenvalue weighted by molar-refractivity contribution is 5.40. The molecule has 0 spiro atoms. The monoisotopic (exact) mass is 316 g/mol. The lowest BCUT2D eigenvalue weighted by molar-refractivity contribution is 0.0875. The van der Waals surface area contributed by atoms with Crippen molar-refractivity contribution >= 4 is 11.8 Å². The van der Waals surface area contributed by atoms with Crippen molar-refractivity contribution in [2.24, 2.45) is 5.92 Å². The van der Waals surface area contributed by atoms with Gasteiger partial charge in [-0.05, 0) is 30.9 Å². The lowest BCUT2D eigenvalue weighted by Crippen LogP contribution is -2.30. The van der Waals surface area contributed by atoms with Gasteiger partial charge in [-0.15, -0.1) is 0 Å². The van der Waals surface area contributed by atoms with Gasteiger partial charge in [0.2, 0.25) is 5.95 Å². The Morgan fingerprint density at radius 2 is 2.39 bits per heavy atom. The maximum Gasteiger partial charge on any atom is 0.224 e. The van der Waals surface area contributed by atoms with E-state index < -0.39 is 0 Å². The van der Waals surface area contributed by atoms with Crippen LogP contribution in [-0.4, -0.2) is 45.5 Å². The second-order valence-corrected chi connectivity index (χ2v) is 6.04. The van der Waals surface area contributed by atoms with Crippen molar-refractivity contribution in [1.82, 2.24) is 19.7 Å². The number of hydrogen-bond donors (Lipinski definition) is 2. The van der Waals surface area contributed by atoms with Crippen LogP contribution in [0.25, 0.3) is 0 Å². The van der Waals surface area contributed by atoms with Gasteiger partial charge in [0.05, 0.1) is 12.6 Å². The van der Waals surface area contributed by atoms with E-state index in [1.165, 1.54) is 0 Å². The van der Waals surface area contributed by atoms with Gasteiger partial charge in [-0.2, -0.15) is 10.1 Å². The molecule has 3 heterocycles. The van der Waals surface area contributed by atoms with Crippen LogP contribution in [0.4, 0.5) is 11.8 Å². The summed E-state index contributed by atoms with van der Waals surface area (Å²) >= 11 is 0. The van der Waals surface area contributed by atoms with Gasteiger partial charge < -0.3 is 15.4 Å². The quantitative estimate of drug-likeness (QED) is 0.814. The zero-order valence-corrected chi connectivity index (χ0v) is 13.5. The standard InChI is InChI=1S/C16H24N6O/c1-13(11-22-8-3-6-19-22)10-18-16-17-7-5-15(21-16)20-14-4-2-9-23-12-14/h3,5-8,13-14H,2,4,9-12H2,1H3,(H2,17,18,20,21). The SMILES string of the molecule is CC(CNc1nccc(NC2CCCOC2)n1)Cn1cccn1. The van der Waals surface area contributed by atoms with Crippen molar-refractivity contribution in [1.29, 1.82) is 0 Å². The Morgan fingerprint density at radius 1 is 1.43 bits per heavy atom. The van der Waals surface area contributed by atoms with Gasteiger partial charge in [-0.1, -0.05) is 6.92 Å². The first-order valence-electron chi connectivity index (χ1n) is 8.18. The van der Waals surface area contributed by atoms with Gasteiger partial charge in [0.1, 0.15) is 5.82 Å². The van der Waals surface area contributed by atoms with Crippen molar-refractivity contribution < 1.29 is 4.74 Å². The van der Waals surface area contributed by atoms with Crippen LogP contribution in [-0.2, 0) is 11.3 Å². The number of hydrogen-bond acceptors (Lipinski definition) is 6. The van der Waals surface area contributed by atoms with Crippen LogP contribution in [0.5, 0.6) is 0 Å². The molecule has 1 saturated heterocycles. The lowest BCUT2D eigenvalue weighted by Gasteiger charge is -2.23. The van der Waals surface area contributed by atoms with Crippen molar-refractivity contribution in [3.63, 3.8) is 0 Å². The van der Waals surface area contributed by atoms with E-state index in [1.807, 2.05) is 23.0 Å². The van der Waals surface area contributed by atoms with E-state index in [9.17, 15) is 0 Å². The summed E-state index contributed by atoms with van der Waals surface area (Å²) in [7, 11) is 0. The van der Waals surface area contributed by atoms with Crippen LogP contribution in [0, 0.1) is 5.92 Å². The second-order valence-electron chi connectivity index (χ2n) is 6.04. The third-order valence-corrected chi connectivity index (χ3v) is 3.83. The van der Waals surface area contributed by atoms with E-state index in [0.29, 0.717) is 17.9 Å². The smallest absolute Gasteiger partial charge is 0.224 e. The molecule has 0 amide bonds. The summed E-state index contributed by atoms with van der Waals surface area (Å²) in [5.41, 5.74) is 0. The van der Waals surface area contributed by atoms with Gasteiger partial charge >= 0.3 is 0 Å². The summed E-state index contributed by atoms with van der Waals surface area (Å²) < 4.78 is 7.42. The topological polar surface area (TPSA) is 76.9 Å². The predicted molar refractivity (Wildman–Crippen MR) is 89.4 cm³/mol. The first-order valence-corrected chi connectivity index (χ1v) is 8.18. The Kier molecular flexibility index (Phi) is 5.42. The van der Waals surface area contributed by atoms with Gasteiger partial charge in [0.15, 0.2) is 0 Å². The number of ether oxygens (including phenoxy) is 1. The molecule has 0 aromatic carbocycles. The molecule has 1 fully saturated rings. The van der Waals surface area contributed by atoms with E-state index in [0.717, 1.165) is 45.0 Å². The Hall–Kier alpha value is -2.15. The molecule has 3 rings (SSSR count). The van der Waals surface area contributed by atoms with E-state index >= 15 is 0 Å². The molecule has 2 N–H and O–H groups in total. The van der Waals surface area contributed by atoms with E-state index in [4.69, 9.17) is 4.74 Å². The van der Waals surface area contributed by atoms with Crippen LogP contribution in [0.15, 0.2) is 30.7 Å². The third-order valence-electron chi connectivity index (χ3n) is 3.83. The summed E-state index contributed by atoms with van der Waals surface area (Å²) in [6, 6.07) is 4.17. The summed E-state index contributed by atoms with van der Waals surface area (Å²) in [5, 5.41) is 10.9. The Morgan fingerprint density at radius 3 is 3.17 bits per heavy atom. The predicted octanol–water partition coefficient (Wildman–Crippen LogP) is 2.01. The number of nitrogens with zero attached hydrogens (tertiary/aromatic N) is 4. The fraction of sp³-hybridized carbons (Fsp3) is 0.562. The number of nitrogens with one attached hydrogen (secondary N) is 2. The first kappa shape index (κ1) is 15.7. The molecule has 0 bridgehead atoms. The maximum atomic E-state index is 5.48. The zero-order valence-electron chi connectivity index (χ0n) is 13.5. The molecular weight excluding hydrogens is 292 g/mol. The van der Waals surface area contributed by atoms with E-state index in [1.54, 1.807) is 12.4 Å². The number of anilines is 2. The minimum atomic E-state index is 0.338. The summed E-state index contributed by atoms with van der Waals surface area (Å²) in [4.78, 5) is 8.81. The number of aromatic nitrogens is 4. The van der Waals surface area contributed by atoms with Crippen molar-refractivity contribution in [3.05, 3.63) is 30.7 Å². The van der Waals surface area contributed by atoms with Crippen LogP contribution in [0.1, 0.15) is 19.8 Å². The van der Waals surface area contributed by atoms with E-state index in [2.05, 4.69) is 32.6 Å². The zero-order chi connectivity index (χ0) is 15.9. The molecule has 2 unspecified atom stereocenters. The average Bonchev–Trinajstić information content (AvgIpc) is 3.07. The van der Waals surface area contributed by atoms with Gasteiger partial charge in [0, 0.05) is 38.3 Å². The summed E-state index contributed by atoms with van der Waals surface area (Å²) in [6.45, 7) is 5.46. The molecular formula is C16H24N6O. The van der Waals surface area contributed by atoms with Gasteiger partial charge in [-0.3, -0.25) is 4.68 Å². The van der Waals surface area contributed by atoms with Gasteiger partial charge in [-0.25, -0.2) is 4.98 Å². The average molecular weight is 316 g/mol. The highest BCUT2D eigenvalue weighted by atomic mass is 16.5. The lowest BCUT2D eigenvalue weighted by atomic mass is 10.1. The Bertz CT molecular complexity index is 582. The molecule has 2 aromatic rings. The van der Waals surface area contributed by atoms with Crippen LogP contribution in [0.3, 0.4) is 0 Å². The highest BCUT2D eigenvalue weighted by Gasteiger charge is 2.14. The van der Waals surface area contributed by atoms with Crippen molar-refractivity contribution in [2.75, 3.05) is 30.4 Å². The van der Waals surface area contributed by atoms with Crippen LogP contribution < -0.4 is 10.6 Å². The normalized spacial score (nSPS) is 19.3. The molecule has 0 radical (unpaired) electrons. The molecule has 2 atom stereocenters. The molecule has 2 aromatic heterocycles. The molecule has 7 nitrogen and oxygen atoms in total. The summed E-state index contributed by atoms with van der Waals surface area (Å²) in [5.74, 6) is 1.93. The molecule has 0 aliphatic carbocycles. The molecule has 124 valence electrons. The second kappa shape index (κ2) is 7.92. The number of rotatable bonds is 7. The Labute approximate surface area is 136 Å². The molecule has 0 saturated carbocycles. The third kappa shape index (κ3) is 4.92. The maximum absolute atomic E-state index is 5.48. The van der Waals surface area contributed by atoms with Crippen LogP contribution >= 0.6 is 0 Å². The fourth-order valence-corrected chi connectivity index (χ4v) is 2.65. The largest absolute Gasteiger partial charge is 0.379 e. The molecule has 1 aliphatic heterocycles. The fourth-order valence-electron chi connectivity index (χ4n) is 2.65. The molecule has 7 heteroatoms. The Balaban J connectivity index is 1.48. The van der Waals surface area contributed by atoms with Crippen LogP contribution in [0.2, 0.25) is 0 Å². The minimum Gasteiger partial charge on any atom is -0.379 e. The molecule has 23 heavy (non-hydrogen) atoms. The van der Waals surface area contributed by atoms with Crippen molar-refractivity contribution in [3.8, 4) is 0 Å². The molecule has 1 aliphatic rings. The van der Waals surface area contributed by atoms with Crippen molar-refractivity contribution in [2.45, 2.75) is 32.4 Å². The minimum absolute atomic E-state index is 0.338.